The Morgan fingerprint density at radius 1 is 0.800 bits per heavy atom. The predicted octanol–water partition coefficient (Wildman–Crippen LogP) is -0.702. The summed E-state index contributed by atoms with van der Waals surface area (Å²) in [6, 6.07) is 0. The van der Waals surface area contributed by atoms with Crippen LogP contribution < -0.4 is 10.2 Å². The van der Waals surface area contributed by atoms with Crippen molar-refractivity contribution in [2.75, 3.05) is 0 Å². The number of allylic oxidation sites excluding steroid dienone is 4. The Bertz CT molecular complexity index is 231. The molecule has 0 aromatic carbocycles. The van der Waals surface area contributed by atoms with E-state index in [1.165, 1.54) is 27.7 Å². The minimum absolute atomic E-state index is 0. The van der Waals surface area contributed by atoms with Gasteiger partial charge in [-0.1, -0.05) is 13.8 Å². The van der Waals surface area contributed by atoms with Gasteiger partial charge in [0.25, 0.3) is 0 Å². The molecule has 15 heavy (non-hydrogen) atoms. The van der Waals surface area contributed by atoms with Crippen LogP contribution >= 0.6 is 0 Å². The monoisotopic (exact) mass is 406 g/mol. The predicted molar refractivity (Wildman–Crippen MR) is 54.6 cm³/mol. The van der Waals surface area contributed by atoms with E-state index in [2.05, 4.69) is 0 Å². The Morgan fingerprint density at radius 2 is 1.00 bits per heavy atom. The number of hydrogen-bond donors (Lipinski definition) is 0. The van der Waals surface area contributed by atoms with Gasteiger partial charge in [0.2, 0.25) is 0 Å². The molecule has 0 heterocycles. The van der Waals surface area contributed by atoms with Crippen LogP contribution in [-0.2, 0) is 9.59 Å². The van der Waals surface area contributed by atoms with E-state index in [4.69, 9.17) is 0 Å². The third-order valence-corrected chi connectivity index (χ3v) is 0.813. The van der Waals surface area contributed by atoms with Crippen LogP contribution in [0.3, 0.4) is 0 Å². The van der Waals surface area contributed by atoms with Crippen LogP contribution in [0.15, 0.2) is 23.7 Å². The van der Waals surface area contributed by atoms with E-state index in [0.717, 1.165) is 12.2 Å². The van der Waals surface area contributed by atoms with Gasteiger partial charge in [0.15, 0.2) is 11.6 Å². The standard InChI is InChI=1S/2C5H8O2.Pb/c2*1-4(6)3-5(2)7;/h2*3,6H,1-2H3;/p-2/b2*4-3-;. The molecule has 0 aliphatic heterocycles. The first-order chi connectivity index (χ1) is 6.25. The molecule has 0 N–H and O–H groups in total. The second kappa shape index (κ2) is 11.4. The summed E-state index contributed by atoms with van der Waals surface area (Å²) < 4.78 is 0. The third-order valence-electron chi connectivity index (χ3n) is 0.813. The van der Waals surface area contributed by atoms with Crippen LogP contribution in [0, 0.1) is 0 Å². The zero-order valence-electron chi connectivity index (χ0n) is 9.29. The first-order valence-electron chi connectivity index (χ1n) is 3.97. The third kappa shape index (κ3) is 31.8. The molecule has 0 fully saturated rings. The molecule has 5 heteroatoms. The summed E-state index contributed by atoms with van der Waals surface area (Å²) in [7, 11) is 0. The van der Waals surface area contributed by atoms with Crippen molar-refractivity contribution in [1.29, 1.82) is 0 Å². The van der Waals surface area contributed by atoms with Gasteiger partial charge in [-0.15, -0.1) is 11.5 Å². The summed E-state index contributed by atoms with van der Waals surface area (Å²) in [5.41, 5.74) is 0. The van der Waals surface area contributed by atoms with Gasteiger partial charge in [0.05, 0.1) is 0 Å². The van der Waals surface area contributed by atoms with Crippen molar-refractivity contribution < 1.29 is 19.8 Å². The van der Waals surface area contributed by atoms with Crippen LogP contribution in [0.4, 0.5) is 0 Å². The molecular weight excluding hydrogens is 391 g/mol. The van der Waals surface area contributed by atoms with Gasteiger partial charge in [-0.25, -0.2) is 0 Å². The van der Waals surface area contributed by atoms with E-state index in [1.54, 1.807) is 0 Å². The van der Waals surface area contributed by atoms with Crippen molar-refractivity contribution in [1.82, 2.24) is 0 Å². The van der Waals surface area contributed by atoms with Crippen LogP contribution in [0.2, 0.25) is 0 Å². The summed E-state index contributed by atoms with van der Waals surface area (Å²) >= 11 is 0. The molecule has 0 aromatic rings. The van der Waals surface area contributed by atoms with Gasteiger partial charge in [0.1, 0.15) is 0 Å². The molecule has 0 bridgehead atoms. The molecule has 0 atom stereocenters. The van der Waals surface area contributed by atoms with Crippen molar-refractivity contribution in [3.05, 3.63) is 23.7 Å². The summed E-state index contributed by atoms with van der Waals surface area (Å²) in [5.74, 6) is -0.750. The Labute approximate surface area is 110 Å². The zero-order chi connectivity index (χ0) is 11.7. The van der Waals surface area contributed by atoms with Gasteiger partial charge in [-0.2, -0.15) is 0 Å². The maximum atomic E-state index is 9.98. The summed E-state index contributed by atoms with van der Waals surface area (Å²) in [5, 5.41) is 20.0. The molecule has 0 rings (SSSR count). The van der Waals surface area contributed by atoms with Crippen LogP contribution in [0.1, 0.15) is 27.7 Å². The van der Waals surface area contributed by atoms with Gasteiger partial charge >= 0.3 is 0 Å². The molecule has 0 aliphatic rings. The molecule has 0 unspecified atom stereocenters. The quantitative estimate of drug-likeness (QED) is 0.346. The summed E-state index contributed by atoms with van der Waals surface area (Å²) in [6.45, 7) is 5.39. The van der Waals surface area contributed by atoms with Gasteiger partial charge in [-0.3, -0.25) is 9.59 Å². The van der Waals surface area contributed by atoms with E-state index in [1.807, 2.05) is 0 Å². The van der Waals surface area contributed by atoms with E-state index < -0.39 is 0 Å². The van der Waals surface area contributed by atoms with Gasteiger partial charge < -0.3 is 10.2 Å². The topological polar surface area (TPSA) is 80.3 Å². The smallest absolute Gasteiger partial charge is 0.151 e. The number of ketones is 2. The molecule has 84 valence electrons. The minimum atomic E-state index is -0.187. The Hall–Kier alpha value is -0.658. The van der Waals surface area contributed by atoms with E-state index in [9.17, 15) is 19.8 Å². The SMILES string of the molecule is CC(=O)/C=C(/C)[O-].CC(=O)/C=C(/C)[O-].[Pb]. The van der Waals surface area contributed by atoms with Crippen LogP contribution in [0.5, 0.6) is 0 Å². The average molecular weight is 405 g/mol. The molecule has 4 nitrogen and oxygen atoms in total. The summed E-state index contributed by atoms with van der Waals surface area (Å²) in [6.07, 6.45) is 2.11. The van der Waals surface area contributed by atoms with Gasteiger partial charge in [-0.05, 0) is 26.0 Å². The molecule has 0 aliphatic carbocycles. The van der Waals surface area contributed by atoms with E-state index >= 15 is 0 Å². The summed E-state index contributed by atoms with van der Waals surface area (Å²) in [4.78, 5) is 20.0. The zero-order valence-corrected chi connectivity index (χ0v) is 13.2. The molecule has 0 saturated heterocycles. The fourth-order valence-corrected chi connectivity index (χ4v) is 0.572. The van der Waals surface area contributed by atoms with Crippen molar-refractivity contribution >= 4 is 38.9 Å². The molecule has 0 aromatic heterocycles. The van der Waals surface area contributed by atoms with Crippen molar-refractivity contribution in [2.24, 2.45) is 0 Å². The normalized spacial score (nSPS) is 10.7. The van der Waals surface area contributed by atoms with Crippen molar-refractivity contribution in [2.45, 2.75) is 27.7 Å². The molecule has 0 saturated carbocycles. The first-order valence-corrected chi connectivity index (χ1v) is 3.97. The maximum Gasteiger partial charge on any atom is 0.151 e. The average Bonchev–Trinajstić information content (AvgIpc) is 1.79. The number of hydrogen-bond acceptors (Lipinski definition) is 4. The van der Waals surface area contributed by atoms with Gasteiger partial charge in [0, 0.05) is 27.3 Å². The first kappa shape index (κ1) is 19.8. The van der Waals surface area contributed by atoms with Crippen LogP contribution in [-0.4, -0.2) is 38.9 Å². The van der Waals surface area contributed by atoms with Crippen molar-refractivity contribution in [3.63, 3.8) is 0 Å². The fourth-order valence-electron chi connectivity index (χ4n) is 0.572. The Balaban J connectivity index is -0.000000180. The molecule has 0 spiro atoms. The van der Waals surface area contributed by atoms with E-state index in [-0.39, 0.29) is 50.4 Å². The Morgan fingerprint density at radius 3 is 1.00 bits per heavy atom. The number of carbonyl (C=O) groups is 2. The maximum absolute atomic E-state index is 9.98. The second-order valence-corrected chi connectivity index (χ2v) is 2.73. The molecule has 4 radical (unpaired) electrons. The molecular formula is C10H14O4Pb-2. The number of carbonyl (C=O) groups excluding carboxylic acids is 2. The van der Waals surface area contributed by atoms with Crippen molar-refractivity contribution in [3.8, 4) is 0 Å². The minimum Gasteiger partial charge on any atom is -0.876 e. The second-order valence-electron chi connectivity index (χ2n) is 2.73. The number of rotatable bonds is 2. The fraction of sp³-hybridized carbons (Fsp3) is 0.400. The Kier molecular flexibility index (Phi) is 15.1. The van der Waals surface area contributed by atoms with E-state index in [0.29, 0.717) is 0 Å². The molecule has 0 amide bonds. The van der Waals surface area contributed by atoms with Crippen LogP contribution in [0.25, 0.3) is 0 Å². The largest absolute Gasteiger partial charge is 0.876 e.